The average molecular weight is 695 g/mol. The summed E-state index contributed by atoms with van der Waals surface area (Å²) in [4.78, 5) is 7.33. The maximum atomic E-state index is 2.41. The van der Waals surface area contributed by atoms with Crippen LogP contribution in [0.3, 0.4) is 0 Å². The van der Waals surface area contributed by atoms with Gasteiger partial charge in [0.25, 0.3) is 0 Å². The second kappa shape index (κ2) is 13.2. The highest BCUT2D eigenvalue weighted by Gasteiger charge is 2.24. The van der Waals surface area contributed by atoms with Crippen molar-refractivity contribution in [2.45, 2.75) is 9.79 Å². The molecule has 0 radical (unpaired) electrons. The number of rotatable bonds is 6. The van der Waals surface area contributed by atoms with Crippen molar-refractivity contribution in [2.24, 2.45) is 0 Å². The predicted molar refractivity (Wildman–Crippen MR) is 226 cm³/mol. The molecule has 10 rings (SSSR count). The van der Waals surface area contributed by atoms with Crippen LogP contribution < -0.4 is 9.80 Å². The monoisotopic (exact) mass is 694 g/mol. The van der Waals surface area contributed by atoms with Gasteiger partial charge in [-0.05, 0) is 105 Å². The molecule has 0 atom stereocenters. The number of hydrogen-bond acceptors (Lipinski definition) is 3. The van der Waals surface area contributed by atoms with Crippen LogP contribution in [0.5, 0.6) is 0 Å². The molecular formula is C50H34N2S. The van der Waals surface area contributed by atoms with E-state index in [1.807, 2.05) is 11.8 Å². The van der Waals surface area contributed by atoms with E-state index in [4.69, 9.17) is 0 Å². The summed E-state index contributed by atoms with van der Waals surface area (Å²) in [6, 6.07) is 74.7. The summed E-state index contributed by atoms with van der Waals surface area (Å²) in [7, 11) is 0. The van der Waals surface area contributed by atoms with E-state index < -0.39 is 0 Å². The van der Waals surface area contributed by atoms with Crippen molar-refractivity contribution in [3.63, 3.8) is 0 Å². The standard InChI is InChI=1S/C50H34N2S/c1-2-13-35(14-3-1)36-25-29-40(30-26-36)51(48-34-39-15-4-5-18-43(39)44-19-6-7-20-45(44)48)41-31-27-37(28-32-41)38-16-12-17-42(33-38)52-46-21-8-10-23-49(46)53-50-24-11-9-22-47(50)52/h1-34H. The Morgan fingerprint density at radius 2 is 0.868 bits per heavy atom. The van der Waals surface area contributed by atoms with E-state index in [0.717, 1.165) is 22.7 Å². The Morgan fingerprint density at radius 1 is 0.358 bits per heavy atom. The Hall–Kier alpha value is -6.55. The molecule has 0 amide bonds. The molecule has 3 heteroatoms. The second-order valence-electron chi connectivity index (χ2n) is 13.4. The third kappa shape index (κ3) is 5.63. The number of para-hydroxylation sites is 2. The van der Waals surface area contributed by atoms with E-state index in [-0.39, 0.29) is 0 Å². The first kappa shape index (κ1) is 31.2. The van der Waals surface area contributed by atoms with Crippen molar-refractivity contribution in [1.82, 2.24) is 0 Å². The summed E-state index contributed by atoms with van der Waals surface area (Å²) in [6.07, 6.45) is 0. The summed E-state index contributed by atoms with van der Waals surface area (Å²) in [5.41, 5.74) is 11.7. The molecule has 0 unspecified atom stereocenters. The first-order valence-corrected chi connectivity index (χ1v) is 18.8. The Kier molecular flexibility index (Phi) is 7.78. The minimum absolute atomic E-state index is 1.11. The third-order valence-corrected chi connectivity index (χ3v) is 11.3. The molecule has 0 saturated heterocycles. The Balaban J connectivity index is 1.08. The van der Waals surface area contributed by atoms with E-state index in [2.05, 4.69) is 216 Å². The van der Waals surface area contributed by atoms with Crippen LogP contribution in [0.1, 0.15) is 0 Å². The molecule has 0 spiro atoms. The fourth-order valence-corrected chi connectivity index (χ4v) is 8.75. The van der Waals surface area contributed by atoms with Crippen LogP contribution in [0.25, 0.3) is 43.8 Å². The molecule has 0 fully saturated rings. The molecular weight excluding hydrogens is 661 g/mol. The van der Waals surface area contributed by atoms with E-state index in [1.165, 1.54) is 65.0 Å². The van der Waals surface area contributed by atoms with Gasteiger partial charge in [0.1, 0.15) is 0 Å². The van der Waals surface area contributed by atoms with Gasteiger partial charge in [-0.2, -0.15) is 0 Å². The lowest BCUT2D eigenvalue weighted by molar-refractivity contribution is 1.17. The zero-order chi connectivity index (χ0) is 35.1. The van der Waals surface area contributed by atoms with E-state index in [1.54, 1.807) is 0 Å². The normalized spacial score (nSPS) is 12.0. The largest absolute Gasteiger partial charge is 0.310 e. The van der Waals surface area contributed by atoms with Crippen molar-refractivity contribution in [1.29, 1.82) is 0 Å². The predicted octanol–water partition coefficient (Wildman–Crippen LogP) is 14.7. The van der Waals surface area contributed by atoms with Crippen molar-refractivity contribution in [3.05, 3.63) is 206 Å². The molecule has 9 aromatic rings. The lowest BCUT2D eigenvalue weighted by Gasteiger charge is -2.33. The van der Waals surface area contributed by atoms with E-state index in [9.17, 15) is 0 Å². The van der Waals surface area contributed by atoms with Gasteiger partial charge in [0.2, 0.25) is 0 Å². The molecule has 0 bridgehead atoms. The van der Waals surface area contributed by atoms with E-state index >= 15 is 0 Å². The molecule has 0 aliphatic carbocycles. The van der Waals surface area contributed by atoms with Gasteiger partial charge in [-0.25, -0.2) is 0 Å². The fourth-order valence-electron chi connectivity index (χ4n) is 7.69. The number of anilines is 6. The van der Waals surface area contributed by atoms with Gasteiger partial charge >= 0.3 is 0 Å². The van der Waals surface area contributed by atoms with Crippen molar-refractivity contribution >= 4 is 67.4 Å². The molecule has 0 N–H and O–H groups in total. The number of benzene rings is 9. The zero-order valence-corrected chi connectivity index (χ0v) is 29.7. The van der Waals surface area contributed by atoms with Crippen LogP contribution in [0.15, 0.2) is 216 Å². The first-order valence-electron chi connectivity index (χ1n) is 18.0. The summed E-state index contributed by atoms with van der Waals surface area (Å²) < 4.78 is 0. The quantitative estimate of drug-likeness (QED) is 0.160. The van der Waals surface area contributed by atoms with Gasteiger partial charge in [-0.15, -0.1) is 0 Å². The molecule has 0 saturated carbocycles. The molecule has 1 aliphatic rings. The van der Waals surface area contributed by atoms with Gasteiger partial charge in [0.05, 0.1) is 17.1 Å². The number of nitrogens with zero attached hydrogens (tertiary/aromatic N) is 2. The average Bonchev–Trinajstić information content (AvgIpc) is 3.24. The van der Waals surface area contributed by atoms with Crippen molar-refractivity contribution in [2.75, 3.05) is 9.80 Å². The molecule has 2 nitrogen and oxygen atoms in total. The van der Waals surface area contributed by atoms with Crippen LogP contribution in [0.2, 0.25) is 0 Å². The minimum atomic E-state index is 1.11. The van der Waals surface area contributed by atoms with Crippen molar-refractivity contribution in [3.8, 4) is 22.3 Å². The molecule has 53 heavy (non-hydrogen) atoms. The Labute approximate surface area is 314 Å². The van der Waals surface area contributed by atoms with Crippen LogP contribution in [-0.4, -0.2) is 0 Å². The van der Waals surface area contributed by atoms with Gasteiger partial charge in [-0.1, -0.05) is 151 Å². The summed E-state index contributed by atoms with van der Waals surface area (Å²) >= 11 is 1.84. The van der Waals surface area contributed by atoms with Crippen LogP contribution in [0, 0.1) is 0 Å². The van der Waals surface area contributed by atoms with Gasteiger partial charge in [-0.3, -0.25) is 0 Å². The highest BCUT2D eigenvalue weighted by atomic mass is 32.2. The van der Waals surface area contributed by atoms with E-state index in [0.29, 0.717) is 0 Å². The summed E-state index contributed by atoms with van der Waals surface area (Å²) in [5.74, 6) is 0. The summed E-state index contributed by atoms with van der Waals surface area (Å²) in [6.45, 7) is 0. The Bertz CT molecular complexity index is 2710. The molecule has 1 heterocycles. The second-order valence-corrected chi connectivity index (χ2v) is 14.5. The Morgan fingerprint density at radius 3 is 1.55 bits per heavy atom. The van der Waals surface area contributed by atoms with Gasteiger partial charge < -0.3 is 9.80 Å². The molecule has 9 aromatic carbocycles. The van der Waals surface area contributed by atoms with Gasteiger partial charge in [0, 0.05) is 32.2 Å². The van der Waals surface area contributed by atoms with Crippen LogP contribution >= 0.6 is 11.8 Å². The lowest BCUT2D eigenvalue weighted by atomic mass is 9.98. The highest BCUT2D eigenvalue weighted by Crippen LogP contribution is 2.51. The lowest BCUT2D eigenvalue weighted by Crippen LogP contribution is -2.14. The van der Waals surface area contributed by atoms with Crippen LogP contribution in [-0.2, 0) is 0 Å². The first-order chi connectivity index (χ1) is 26.3. The number of fused-ring (bicyclic) bond motifs is 5. The summed E-state index contributed by atoms with van der Waals surface area (Å²) in [5, 5.41) is 4.95. The van der Waals surface area contributed by atoms with Crippen molar-refractivity contribution < 1.29 is 0 Å². The number of hydrogen-bond donors (Lipinski definition) is 0. The highest BCUT2D eigenvalue weighted by molar-refractivity contribution is 7.99. The smallest absolute Gasteiger partial charge is 0.0601 e. The van der Waals surface area contributed by atoms with Crippen LogP contribution in [0.4, 0.5) is 34.1 Å². The molecule has 1 aliphatic heterocycles. The molecule has 250 valence electrons. The fraction of sp³-hybridized carbons (Fsp3) is 0. The maximum absolute atomic E-state index is 2.41. The molecule has 0 aromatic heterocycles. The minimum Gasteiger partial charge on any atom is -0.310 e. The zero-order valence-electron chi connectivity index (χ0n) is 28.9. The maximum Gasteiger partial charge on any atom is 0.0601 e. The van der Waals surface area contributed by atoms with Gasteiger partial charge in [0.15, 0.2) is 0 Å². The topological polar surface area (TPSA) is 6.48 Å². The third-order valence-electron chi connectivity index (χ3n) is 10.2. The SMILES string of the molecule is c1ccc(-c2ccc(N(c3ccc(-c4cccc(N5c6ccccc6Sc6ccccc65)c4)cc3)c3cc4ccccc4c4ccccc34)cc2)cc1.